The molecule has 3 aromatic carbocycles. The lowest BCUT2D eigenvalue weighted by atomic mass is 9.94. The van der Waals surface area contributed by atoms with E-state index in [1.807, 2.05) is 49.1 Å². The minimum Gasteiger partial charge on any atom is -0.334 e. The van der Waals surface area contributed by atoms with Crippen LogP contribution in [0.25, 0.3) is 11.1 Å². The van der Waals surface area contributed by atoms with Crippen molar-refractivity contribution in [2.45, 2.75) is 31.7 Å². The third-order valence-electron chi connectivity index (χ3n) is 5.86. The fraction of sp³-hybridized carbons (Fsp3) is 0.240. The molecule has 1 aliphatic heterocycles. The van der Waals surface area contributed by atoms with Crippen molar-refractivity contribution in [3.8, 4) is 11.1 Å². The maximum Gasteiger partial charge on any atom is 0.254 e. The number of amides is 1. The molecular weight excluding hydrogens is 394 g/mol. The standard InChI is InChI=1S/C25H25NO3S/c1-17-7-8-22(13-18(17)2)25(27)26-12-11-21-14-20(9-10-23(21)16-26)19-5-4-6-24(15-19)30(3,28)29/h4-10,13-15H,11-12,16H2,1-3H3. The highest BCUT2D eigenvalue weighted by Gasteiger charge is 2.22. The fourth-order valence-corrected chi connectivity index (χ4v) is 4.54. The van der Waals surface area contributed by atoms with Gasteiger partial charge in [-0.25, -0.2) is 8.42 Å². The number of carbonyl (C=O) groups is 1. The summed E-state index contributed by atoms with van der Waals surface area (Å²) in [5, 5.41) is 0. The van der Waals surface area contributed by atoms with Crippen molar-refractivity contribution in [3.05, 3.63) is 88.5 Å². The Hall–Kier alpha value is -2.92. The third-order valence-corrected chi connectivity index (χ3v) is 6.97. The largest absolute Gasteiger partial charge is 0.334 e. The predicted molar refractivity (Wildman–Crippen MR) is 119 cm³/mol. The van der Waals surface area contributed by atoms with Gasteiger partial charge in [-0.05, 0) is 77.9 Å². The van der Waals surface area contributed by atoms with Gasteiger partial charge in [0.05, 0.1) is 4.90 Å². The molecule has 0 fully saturated rings. The van der Waals surface area contributed by atoms with E-state index in [4.69, 9.17) is 0 Å². The summed E-state index contributed by atoms with van der Waals surface area (Å²) in [6.07, 6.45) is 2.01. The van der Waals surface area contributed by atoms with Crippen molar-refractivity contribution in [2.24, 2.45) is 0 Å². The number of aryl methyl sites for hydroxylation is 2. The van der Waals surface area contributed by atoms with E-state index in [2.05, 4.69) is 12.1 Å². The second kappa shape index (κ2) is 7.73. The molecule has 0 radical (unpaired) electrons. The molecule has 154 valence electrons. The molecule has 4 nitrogen and oxygen atoms in total. The normalized spacial score (nSPS) is 13.8. The van der Waals surface area contributed by atoms with Gasteiger partial charge in [-0.2, -0.15) is 0 Å². The van der Waals surface area contributed by atoms with E-state index in [1.165, 1.54) is 17.4 Å². The van der Waals surface area contributed by atoms with Gasteiger partial charge < -0.3 is 4.90 Å². The number of hydrogen-bond acceptors (Lipinski definition) is 3. The number of rotatable bonds is 3. The second-order valence-electron chi connectivity index (χ2n) is 8.06. The van der Waals surface area contributed by atoms with Gasteiger partial charge in [-0.15, -0.1) is 0 Å². The van der Waals surface area contributed by atoms with Crippen molar-refractivity contribution in [3.63, 3.8) is 0 Å². The van der Waals surface area contributed by atoms with Crippen molar-refractivity contribution >= 4 is 15.7 Å². The van der Waals surface area contributed by atoms with Crippen molar-refractivity contribution in [1.29, 1.82) is 0 Å². The monoisotopic (exact) mass is 419 g/mol. The zero-order valence-electron chi connectivity index (χ0n) is 17.5. The third kappa shape index (κ3) is 4.03. The Bertz CT molecular complexity index is 1240. The van der Waals surface area contributed by atoms with E-state index in [0.29, 0.717) is 18.0 Å². The van der Waals surface area contributed by atoms with E-state index in [-0.39, 0.29) is 5.91 Å². The van der Waals surface area contributed by atoms with Crippen molar-refractivity contribution < 1.29 is 13.2 Å². The summed E-state index contributed by atoms with van der Waals surface area (Å²) >= 11 is 0. The van der Waals surface area contributed by atoms with Crippen LogP contribution in [0.3, 0.4) is 0 Å². The van der Waals surface area contributed by atoms with Gasteiger partial charge in [-0.3, -0.25) is 4.79 Å². The first-order chi connectivity index (χ1) is 14.2. The number of hydrogen-bond donors (Lipinski definition) is 0. The van der Waals surface area contributed by atoms with Crippen LogP contribution in [0.5, 0.6) is 0 Å². The van der Waals surface area contributed by atoms with Gasteiger partial charge in [-0.1, -0.05) is 36.4 Å². The van der Waals surface area contributed by atoms with Gasteiger partial charge >= 0.3 is 0 Å². The Morgan fingerprint density at radius 2 is 1.63 bits per heavy atom. The minimum atomic E-state index is -3.24. The highest BCUT2D eigenvalue weighted by molar-refractivity contribution is 7.90. The Balaban J connectivity index is 1.58. The minimum absolute atomic E-state index is 0.0636. The van der Waals surface area contributed by atoms with Crippen LogP contribution in [-0.4, -0.2) is 32.0 Å². The topological polar surface area (TPSA) is 54.5 Å². The van der Waals surface area contributed by atoms with Gasteiger partial charge in [0.1, 0.15) is 0 Å². The first kappa shape index (κ1) is 20.4. The van der Waals surface area contributed by atoms with Gasteiger partial charge in [0.15, 0.2) is 9.84 Å². The average molecular weight is 420 g/mol. The summed E-state index contributed by atoms with van der Waals surface area (Å²) in [6, 6.07) is 19.1. The summed E-state index contributed by atoms with van der Waals surface area (Å²) < 4.78 is 23.7. The van der Waals surface area contributed by atoms with E-state index < -0.39 is 9.84 Å². The highest BCUT2D eigenvalue weighted by Crippen LogP contribution is 2.28. The quantitative estimate of drug-likeness (QED) is 0.625. The molecule has 30 heavy (non-hydrogen) atoms. The summed E-state index contributed by atoms with van der Waals surface area (Å²) in [6.45, 7) is 5.33. The van der Waals surface area contributed by atoms with Crippen molar-refractivity contribution in [1.82, 2.24) is 4.90 Å². The molecule has 0 bridgehead atoms. The maximum absolute atomic E-state index is 13.0. The Morgan fingerprint density at radius 3 is 2.37 bits per heavy atom. The summed E-state index contributed by atoms with van der Waals surface area (Å²) in [5.41, 5.74) is 7.27. The fourth-order valence-electron chi connectivity index (χ4n) is 3.87. The van der Waals surface area contributed by atoms with Gasteiger partial charge in [0, 0.05) is 24.9 Å². The zero-order chi connectivity index (χ0) is 21.5. The summed E-state index contributed by atoms with van der Waals surface area (Å²) in [5.74, 6) is 0.0636. The number of nitrogens with zero attached hydrogens (tertiary/aromatic N) is 1. The molecule has 1 heterocycles. The molecule has 5 heteroatoms. The van der Waals surface area contributed by atoms with Crippen LogP contribution in [0, 0.1) is 13.8 Å². The van der Waals surface area contributed by atoms with E-state index in [0.717, 1.165) is 34.2 Å². The molecule has 0 atom stereocenters. The number of fused-ring (bicyclic) bond motifs is 1. The summed E-state index contributed by atoms with van der Waals surface area (Å²) in [4.78, 5) is 15.2. The Kier molecular flexibility index (Phi) is 5.24. The smallest absolute Gasteiger partial charge is 0.254 e. The second-order valence-corrected chi connectivity index (χ2v) is 10.1. The first-order valence-electron chi connectivity index (χ1n) is 10.0. The number of benzene rings is 3. The maximum atomic E-state index is 13.0. The van der Waals surface area contributed by atoms with Gasteiger partial charge in [0.25, 0.3) is 5.91 Å². The first-order valence-corrected chi connectivity index (χ1v) is 11.9. The summed E-state index contributed by atoms with van der Waals surface area (Å²) in [7, 11) is -3.24. The van der Waals surface area contributed by atoms with E-state index in [1.54, 1.807) is 18.2 Å². The lowest BCUT2D eigenvalue weighted by Gasteiger charge is -2.29. The van der Waals surface area contributed by atoms with Crippen LogP contribution in [0.2, 0.25) is 0 Å². The van der Waals surface area contributed by atoms with Crippen LogP contribution in [-0.2, 0) is 22.8 Å². The highest BCUT2D eigenvalue weighted by atomic mass is 32.2. The SMILES string of the molecule is Cc1ccc(C(=O)N2CCc3cc(-c4cccc(S(C)(=O)=O)c4)ccc3C2)cc1C. The van der Waals surface area contributed by atoms with Gasteiger partial charge in [0.2, 0.25) is 0 Å². The zero-order valence-corrected chi connectivity index (χ0v) is 18.3. The molecule has 0 aliphatic carbocycles. The molecule has 3 aromatic rings. The van der Waals surface area contributed by atoms with Crippen LogP contribution in [0.1, 0.15) is 32.6 Å². The van der Waals surface area contributed by atoms with E-state index >= 15 is 0 Å². The van der Waals surface area contributed by atoms with Crippen LogP contribution < -0.4 is 0 Å². The van der Waals surface area contributed by atoms with E-state index in [9.17, 15) is 13.2 Å². The molecule has 0 saturated heterocycles. The van der Waals surface area contributed by atoms with Crippen LogP contribution >= 0.6 is 0 Å². The number of sulfone groups is 1. The molecule has 0 N–H and O–H groups in total. The Labute approximate surface area is 178 Å². The molecule has 0 saturated carbocycles. The predicted octanol–water partition coefficient (Wildman–Crippen LogP) is 4.57. The lowest BCUT2D eigenvalue weighted by Crippen LogP contribution is -2.36. The lowest BCUT2D eigenvalue weighted by molar-refractivity contribution is 0.0734. The average Bonchev–Trinajstić information content (AvgIpc) is 2.74. The molecule has 4 rings (SSSR count). The molecular formula is C25H25NO3S. The molecule has 1 amide bonds. The van der Waals surface area contributed by atoms with Crippen LogP contribution in [0.15, 0.2) is 65.6 Å². The van der Waals surface area contributed by atoms with Crippen LogP contribution in [0.4, 0.5) is 0 Å². The molecule has 0 aromatic heterocycles. The number of carbonyl (C=O) groups excluding carboxylic acids is 1. The Morgan fingerprint density at radius 1 is 0.867 bits per heavy atom. The molecule has 1 aliphatic rings. The molecule has 0 unspecified atom stereocenters. The molecule has 0 spiro atoms. The van der Waals surface area contributed by atoms with Crippen molar-refractivity contribution in [2.75, 3.05) is 12.8 Å².